The minimum absolute atomic E-state index is 0.349. The molecule has 14 heavy (non-hydrogen) atoms. The van der Waals surface area contributed by atoms with Crippen LogP contribution in [0.25, 0.3) is 10.6 Å². The van der Waals surface area contributed by atoms with E-state index >= 15 is 0 Å². The minimum Gasteiger partial charge on any atom is -0.206 e. The molecule has 0 radical (unpaired) electrons. The molecule has 2 nitrogen and oxygen atoms in total. The summed E-state index contributed by atoms with van der Waals surface area (Å²) in [5.74, 6) is -0.349. The summed E-state index contributed by atoms with van der Waals surface area (Å²) in [6.07, 6.45) is 0. The Bertz CT molecular complexity index is 474. The second-order valence-electron chi connectivity index (χ2n) is 2.48. The number of hydrogen-bond donors (Lipinski definition) is 0. The third kappa shape index (κ3) is 1.94. The smallest absolute Gasteiger partial charge is 0.183 e. The second-order valence-corrected chi connectivity index (χ2v) is 5.17. The van der Waals surface area contributed by atoms with E-state index in [4.69, 9.17) is 11.6 Å². The van der Waals surface area contributed by atoms with Crippen molar-refractivity contribution in [2.45, 2.75) is 0 Å². The highest BCUT2D eigenvalue weighted by molar-refractivity contribution is 9.11. The third-order valence-electron chi connectivity index (χ3n) is 1.56. The molecule has 0 N–H and O–H groups in total. The average Bonchev–Trinajstić information content (AvgIpc) is 2.56. The Balaban J connectivity index is 2.55. The van der Waals surface area contributed by atoms with Crippen LogP contribution in [0.4, 0.5) is 4.39 Å². The Labute approximate surface area is 96.9 Å². The molecule has 0 saturated carbocycles. The summed E-state index contributed by atoms with van der Waals surface area (Å²) in [7, 11) is 0. The van der Waals surface area contributed by atoms with E-state index in [0.29, 0.717) is 19.5 Å². The summed E-state index contributed by atoms with van der Waals surface area (Å²) >= 11 is 10.2. The molecule has 1 aromatic carbocycles. The maximum absolute atomic E-state index is 13.3. The third-order valence-corrected chi connectivity index (χ3v) is 3.18. The van der Waals surface area contributed by atoms with Gasteiger partial charge in [-0.3, -0.25) is 0 Å². The van der Waals surface area contributed by atoms with Gasteiger partial charge in [0, 0.05) is 10.6 Å². The maximum atomic E-state index is 13.3. The van der Waals surface area contributed by atoms with Gasteiger partial charge in [0.25, 0.3) is 0 Å². The van der Waals surface area contributed by atoms with Crippen molar-refractivity contribution in [2.24, 2.45) is 0 Å². The van der Waals surface area contributed by atoms with Crippen LogP contribution in [0.3, 0.4) is 0 Å². The number of aromatic nitrogens is 2. The van der Waals surface area contributed by atoms with Gasteiger partial charge in [-0.1, -0.05) is 22.9 Å². The van der Waals surface area contributed by atoms with E-state index in [1.165, 1.54) is 29.5 Å². The Kier molecular flexibility index (Phi) is 2.80. The maximum Gasteiger partial charge on any atom is 0.183 e. The van der Waals surface area contributed by atoms with E-state index < -0.39 is 0 Å². The number of benzene rings is 1. The van der Waals surface area contributed by atoms with E-state index in [0.717, 1.165) is 0 Å². The molecule has 72 valence electrons. The van der Waals surface area contributed by atoms with Crippen molar-refractivity contribution >= 4 is 38.9 Å². The highest BCUT2D eigenvalue weighted by Gasteiger charge is 2.10. The van der Waals surface area contributed by atoms with Gasteiger partial charge in [0.1, 0.15) is 5.82 Å². The van der Waals surface area contributed by atoms with Gasteiger partial charge in [-0.25, -0.2) is 4.39 Å². The first kappa shape index (κ1) is 10.0. The first-order valence-corrected chi connectivity index (χ1v) is 5.60. The molecule has 2 aromatic rings. The van der Waals surface area contributed by atoms with Crippen molar-refractivity contribution in [1.82, 2.24) is 10.2 Å². The lowest BCUT2D eigenvalue weighted by Crippen LogP contribution is -1.83. The summed E-state index contributed by atoms with van der Waals surface area (Å²) in [4.78, 5) is 0. The van der Waals surface area contributed by atoms with Gasteiger partial charge >= 0.3 is 0 Å². The summed E-state index contributed by atoms with van der Waals surface area (Å²) in [5, 5.41) is 8.54. The molecular weight excluding hydrogens is 291 g/mol. The highest BCUT2D eigenvalue weighted by atomic mass is 79.9. The van der Waals surface area contributed by atoms with Crippen molar-refractivity contribution in [1.29, 1.82) is 0 Å². The van der Waals surface area contributed by atoms with Crippen LogP contribution in [0.1, 0.15) is 0 Å². The fourth-order valence-electron chi connectivity index (χ4n) is 0.976. The summed E-state index contributed by atoms with van der Waals surface area (Å²) < 4.78 is 13.9. The van der Waals surface area contributed by atoms with Gasteiger partial charge in [0.05, 0.1) is 0 Å². The van der Waals surface area contributed by atoms with Gasteiger partial charge in [-0.05, 0) is 34.1 Å². The molecule has 1 aromatic heterocycles. The summed E-state index contributed by atoms with van der Waals surface area (Å²) in [6.45, 7) is 0. The van der Waals surface area contributed by atoms with Crippen molar-refractivity contribution in [3.8, 4) is 10.6 Å². The first-order valence-electron chi connectivity index (χ1n) is 3.61. The molecule has 0 aliphatic carbocycles. The van der Waals surface area contributed by atoms with E-state index in [1.54, 1.807) is 0 Å². The topological polar surface area (TPSA) is 25.8 Å². The van der Waals surface area contributed by atoms with E-state index in [9.17, 15) is 4.39 Å². The van der Waals surface area contributed by atoms with Crippen molar-refractivity contribution in [3.05, 3.63) is 33.0 Å². The largest absolute Gasteiger partial charge is 0.206 e. The van der Waals surface area contributed by atoms with Crippen LogP contribution in [0.5, 0.6) is 0 Å². The fourth-order valence-corrected chi connectivity index (χ4v) is 2.28. The standard InChI is InChI=1S/C8H3BrClFN2S/c9-8-13-12-7(14-8)5-3-4(10)1-2-6(5)11/h1-3H. The molecule has 0 bridgehead atoms. The second kappa shape index (κ2) is 3.92. The molecule has 0 saturated heterocycles. The summed E-state index contributed by atoms with van der Waals surface area (Å²) in [5.41, 5.74) is 0.376. The van der Waals surface area contributed by atoms with Gasteiger partial charge in [-0.15, -0.1) is 10.2 Å². The number of halogens is 3. The predicted octanol–water partition coefficient (Wildman–Crippen LogP) is 3.76. The fraction of sp³-hybridized carbons (Fsp3) is 0. The Morgan fingerprint density at radius 2 is 2.14 bits per heavy atom. The Morgan fingerprint density at radius 1 is 1.36 bits per heavy atom. The molecule has 6 heteroatoms. The summed E-state index contributed by atoms with van der Waals surface area (Å²) in [6, 6.07) is 4.34. The first-order chi connectivity index (χ1) is 6.66. The molecule has 0 spiro atoms. The monoisotopic (exact) mass is 292 g/mol. The number of nitrogens with zero attached hydrogens (tertiary/aromatic N) is 2. The van der Waals surface area contributed by atoms with Crippen LogP contribution >= 0.6 is 38.9 Å². The lowest BCUT2D eigenvalue weighted by molar-refractivity contribution is 0.631. The van der Waals surface area contributed by atoms with Crippen LogP contribution in [0, 0.1) is 5.82 Å². The van der Waals surface area contributed by atoms with Crippen LogP contribution in [0.2, 0.25) is 5.02 Å². The van der Waals surface area contributed by atoms with E-state index in [1.807, 2.05) is 0 Å². The Morgan fingerprint density at radius 3 is 2.79 bits per heavy atom. The molecule has 0 aliphatic heterocycles. The van der Waals surface area contributed by atoms with Gasteiger partial charge in [0.15, 0.2) is 8.92 Å². The highest BCUT2D eigenvalue weighted by Crippen LogP contribution is 2.30. The molecule has 0 fully saturated rings. The van der Waals surface area contributed by atoms with Crippen LogP contribution < -0.4 is 0 Å². The molecule has 2 rings (SSSR count). The minimum atomic E-state index is -0.349. The number of rotatable bonds is 1. The lowest BCUT2D eigenvalue weighted by Gasteiger charge is -1.97. The van der Waals surface area contributed by atoms with Crippen molar-refractivity contribution in [2.75, 3.05) is 0 Å². The molecular formula is C8H3BrClFN2S. The Hall–Kier alpha value is -0.520. The van der Waals surface area contributed by atoms with Crippen LogP contribution in [-0.2, 0) is 0 Å². The molecule has 0 amide bonds. The lowest BCUT2D eigenvalue weighted by atomic mass is 10.2. The normalized spacial score (nSPS) is 10.5. The zero-order valence-electron chi connectivity index (χ0n) is 6.67. The van der Waals surface area contributed by atoms with Crippen LogP contribution in [-0.4, -0.2) is 10.2 Å². The van der Waals surface area contributed by atoms with Crippen molar-refractivity contribution in [3.63, 3.8) is 0 Å². The average molecular weight is 294 g/mol. The van der Waals surface area contributed by atoms with Gasteiger partial charge in [-0.2, -0.15) is 0 Å². The van der Waals surface area contributed by atoms with Gasteiger partial charge in [0.2, 0.25) is 0 Å². The molecule has 0 atom stereocenters. The zero-order valence-corrected chi connectivity index (χ0v) is 9.83. The zero-order chi connectivity index (χ0) is 10.1. The van der Waals surface area contributed by atoms with Crippen molar-refractivity contribution < 1.29 is 4.39 Å². The molecule has 1 heterocycles. The molecule has 0 aliphatic rings. The van der Waals surface area contributed by atoms with Gasteiger partial charge < -0.3 is 0 Å². The quantitative estimate of drug-likeness (QED) is 0.800. The molecule has 0 unspecified atom stereocenters. The van der Waals surface area contributed by atoms with Crippen LogP contribution in [0.15, 0.2) is 22.1 Å². The predicted molar refractivity (Wildman–Crippen MR) is 58.0 cm³/mol. The SMILES string of the molecule is Fc1ccc(Cl)cc1-c1nnc(Br)s1. The van der Waals surface area contributed by atoms with E-state index in [-0.39, 0.29) is 5.82 Å². The van der Waals surface area contributed by atoms with E-state index in [2.05, 4.69) is 26.1 Å². The number of hydrogen-bond acceptors (Lipinski definition) is 3.